The summed E-state index contributed by atoms with van der Waals surface area (Å²) in [6.07, 6.45) is 7.19. The average Bonchev–Trinajstić information content (AvgIpc) is 2.89. The lowest BCUT2D eigenvalue weighted by molar-refractivity contribution is 0.305. The Hall–Kier alpha value is -1.99. The smallest absolute Gasteiger partial charge is 0.214 e. The Bertz CT molecular complexity index is 598. The number of H-pyrrole nitrogens is 1. The molecule has 0 saturated heterocycles. The van der Waals surface area contributed by atoms with Crippen molar-refractivity contribution in [2.45, 2.75) is 32.1 Å². The van der Waals surface area contributed by atoms with E-state index < -0.39 is 0 Å². The summed E-state index contributed by atoms with van der Waals surface area (Å²) in [6, 6.07) is 6.15. The second-order valence-electron chi connectivity index (χ2n) is 5.20. The molecule has 0 spiro atoms. The van der Waals surface area contributed by atoms with Gasteiger partial charge in [0, 0.05) is 23.5 Å². The molecule has 1 aromatic carbocycles. The first-order valence-corrected chi connectivity index (χ1v) is 7.61. The Balaban J connectivity index is 1.82. The van der Waals surface area contributed by atoms with E-state index in [0.29, 0.717) is 13.1 Å². The monoisotopic (exact) mass is 285 g/mol. The molecule has 0 bridgehead atoms. The number of benzene rings is 1. The molecule has 0 atom stereocenters. The molecule has 0 radical (unpaired) electrons. The van der Waals surface area contributed by atoms with Gasteiger partial charge < -0.3 is 20.3 Å². The highest BCUT2D eigenvalue weighted by Gasteiger charge is 2.04. The lowest BCUT2D eigenvalue weighted by Gasteiger charge is -2.06. The van der Waals surface area contributed by atoms with E-state index in [2.05, 4.69) is 22.0 Å². The standard InChI is InChI=1S/C17H23N3O/c1-19-10-4-2-3-5-11-21-15-6-7-17-16(12-15)14(8-9-18)13-20-17/h6-7,12-13,20H,2-5,8-11,18H2. The zero-order valence-corrected chi connectivity index (χ0v) is 12.4. The van der Waals surface area contributed by atoms with Gasteiger partial charge in [-0.1, -0.05) is 0 Å². The third kappa shape index (κ3) is 4.51. The van der Waals surface area contributed by atoms with Crippen LogP contribution in [0.2, 0.25) is 0 Å². The van der Waals surface area contributed by atoms with Crippen molar-refractivity contribution in [1.29, 1.82) is 0 Å². The van der Waals surface area contributed by atoms with Gasteiger partial charge in [0.1, 0.15) is 5.75 Å². The highest BCUT2D eigenvalue weighted by molar-refractivity contribution is 5.84. The summed E-state index contributed by atoms with van der Waals surface area (Å²) < 4.78 is 5.82. The molecule has 0 fully saturated rings. The Morgan fingerprint density at radius 1 is 1.19 bits per heavy atom. The van der Waals surface area contributed by atoms with E-state index in [1.165, 1.54) is 10.9 Å². The number of nitrogens with one attached hydrogen (secondary N) is 1. The average molecular weight is 285 g/mol. The van der Waals surface area contributed by atoms with Gasteiger partial charge in [0.05, 0.1) is 6.61 Å². The molecule has 0 aliphatic heterocycles. The number of aromatic nitrogens is 1. The fourth-order valence-electron chi connectivity index (χ4n) is 2.45. The topological polar surface area (TPSA) is 55.4 Å². The van der Waals surface area contributed by atoms with Gasteiger partial charge in [-0.3, -0.25) is 0 Å². The van der Waals surface area contributed by atoms with Gasteiger partial charge in [-0.05, 0) is 56.0 Å². The molecular weight excluding hydrogens is 262 g/mol. The van der Waals surface area contributed by atoms with Crippen LogP contribution in [0.25, 0.3) is 15.7 Å². The van der Waals surface area contributed by atoms with Crippen LogP contribution in [0, 0.1) is 6.57 Å². The minimum Gasteiger partial charge on any atom is -0.494 e. The second-order valence-corrected chi connectivity index (χ2v) is 5.20. The molecule has 2 aromatic rings. The van der Waals surface area contributed by atoms with Crippen LogP contribution in [0.15, 0.2) is 24.4 Å². The number of hydrogen-bond acceptors (Lipinski definition) is 2. The lowest BCUT2D eigenvalue weighted by atomic mass is 10.1. The number of fused-ring (bicyclic) bond motifs is 1. The minimum atomic E-state index is 0.648. The van der Waals surface area contributed by atoms with E-state index in [-0.39, 0.29) is 0 Å². The second kappa shape index (κ2) is 8.33. The molecule has 4 nitrogen and oxygen atoms in total. The number of aromatic amines is 1. The number of ether oxygens (including phenoxy) is 1. The Morgan fingerprint density at radius 2 is 2.05 bits per heavy atom. The summed E-state index contributed by atoms with van der Waals surface area (Å²) in [5.41, 5.74) is 8.01. The van der Waals surface area contributed by atoms with Gasteiger partial charge in [-0.2, -0.15) is 0 Å². The summed E-state index contributed by atoms with van der Waals surface area (Å²) in [7, 11) is 0. The van der Waals surface area contributed by atoms with Crippen LogP contribution in [0.4, 0.5) is 0 Å². The summed E-state index contributed by atoms with van der Waals surface area (Å²) in [5.74, 6) is 0.918. The third-order valence-corrected chi connectivity index (χ3v) is 3.59. The number of unbranched alkanes of at least 4 members (excludes halogenated alkanes) is 3. The maximum absolute atomic E-state index is 6.72. The molecule has 0 aliphatic carbocycles. The van der Waals surface area contributed by atoms with Crippen LogP contribution in [0.3, 0.4) is 0 Å². The maximum atomic E-state index is 6.72. The predicted molar refractivity (Wildman–Crippen MR) is 86.5 cm³/mol. The zero-order chi connectivity index (χ0) is 14.9. The summed E-state index contributed by atoms with van der Waals surface area (Å²) in [4.78, 5) is 6.62. The largest absolute Gasteiger partial charge is 0.494 e. The number of nitrogens with two attached hydrogens (primary N) is 1. The van der Waals surface area contributed by atoms with Crippen LogP contribution in [0.1, 0.15) is 31.2 Å². The van der Waals surface area contributed by atoms with Gasteiger partial charge in [-0.15, -0.1) is 0 Å². The lowest BCUT2D eigenvalue weighted by Crippen LogP contribution is -2.02. The van der Waals surface area contributed by atoms with E-state index in [1.54, 1.807) is 0 Å². The molecule has 112 valence electrons. The van der Waals surface area contributed by atoms with E-state index >= 15 is 0 Å². The van der Waals surface area contributed by atoms with Crippen LogP contribution in [-0.4, -0.2) is 24.7 Å². The van der Waals surface area contributed by atoms with E-state index in [0.717, 1.165) is 50.0 Å². The molecular formula is C17H23N3O. The van der Waals surface area contributed by atoms with Crippen LogP contribution >= 0.6 is 0 Å². The maximum Gasteiger partial charge on any atom is 0.214 e. The van der Waals surface area contributed by atoms with Crippen molar-refractivity contribution in [3.05, 3.63) is 41.4 Å². The predicted octanol–water partition coefficient (Wildman–Crippen LogP) is 3.53. The molecule has 21 heavy (non-hydrogen) atoms. The third-order valence-electron chi connectivity index (χ3n) is 3.59. The molecule has 3 N–H and O–H groups in total. The van der Waals surface area contributed by atoms with Crippen molar-refractivity contribution < 1.29 is 4.74 Å². The highest BCUT2D eigenvalue weighted by Crippen LogP contribution is 2.24. The molecule has 4 heteroatoms. The van der Waals surface area contributed by atoms with Crippen LogP contribution in [0.5, 0.6) is 5.75 Å². The van der Waals surface area contributed by atoms with E-state index in [1.807, 2.05) is 12.3 Å². The van der Waals surface area contributed by atoms with Crippen molar-refractivity contribution in [3.63, 3.8) is 0 Å². The number of nitrogens with zero attached hydrogens (tertiary/aromatic N) is 1. The fourth-order valence-corrected chi connectivity index (χ4v) is 2.45. The van der Waals surface area contributed by atoms with Crippen molar-refractivity contribution >= 4 is 10.9 Å². The summed E-state index contributed by atoms with van der Waals surface area (Å²) in [6.45, 7) is 8.76. The Kier molecular flexibility index (Phi) is 6.11. The van der Waals surface area contributed by atoms with Crippen LogP contribution < -0.4 is 10.5 Å². The quantitative estimate of drug-likeness (QED) is 0.547. The Labute approximate surface area is 126 Å². The number of rotatable bonds is 9. The van der Waals surface area contributed by atoms with E-state index in [4.69, 9.17) is 17.0 Å². The molecule has 0 saturated carbocycles. The number of hydrogen-bond donors (Lipinski definition) is 2. The van der Waals surface area contributed by atoms with Crippen molar-refractivity contribution in [2.24, 2.45) is 5.73 Å². The minimum absolute atomic E-state index is 0.648. The van der Waals surface area contributed by atoms with Crippen molar-refractivity contribution in [2.75, 3.05) is 19.7 Å². The molecule has 0 aliphatic rings. The first-order valence-electron chi connectivity index (χ1n) is 7.61. The highest BCUT2D eigenvalue weighted by atomic mass is 16.5. The normalized spacial score (nSPS) is 10.7. The molecule has 1 heterocycles. The molecule has 0 unspecified atom stereocenters. The molecule has 2 rings (SSSR count). The van der Waals surface area contributed by atoms with Gasteiger partial charge in [0.15, 0.2) is 0 Å². The fraction of sp³-hybridized carbons (Fsp3) is 0.471. The summed E-state index contributed by atoms with van der Waals surface area (Å²) >= 11 is 0. The van der Waals surface area contributed by atoms with Crippen molar-refractivity contribution in [3.8, 4) is 5.75 Å². The molecule has 1 aromatic heterocycles. The zero-order valence-electron chi connectivity index (χ0n) is 12.4. The SMILES string of the molecule is [C-]#[N+]CCCCCCOc1ccc2[nH]cc(CCN)c2c1. The summed E-state index contributed by atoms with van der Waals surface area (Å²) in [5, 5.41) is 1.20. The first-order chi connectivity index (χ1) is 10.3. The van der Waals surface area contributed by atoms with Gasteiger partial charge in [-0.25, -0.2) is 6.57 Å². The van der Waals surface area contributed by atoms with Gasteiger partial charge in [0.2, 0.25) is 6.54 Å². The van der Waals surface area contributed by atoms with Crippen LogP contribution in [-0.2, 0) is 6.42 Å². The van der Waals surface area contributed by atoms with Gasteiger partial charge in [0.25, 0.3) is 0 Å². The van der Waals surface area contributed by atoms with E-state index in [9.17, 15) is 0 Å². The first kappa shape index (κ1) is 15.4. The van der Waals surface area contributed by atoms with Gasteiger partial charge >= 0.3 is 0 Å². The molecule has 0 amide bonds. The van der Waals surface area contributed by atoms with Crippen molar-refractivity contribution in [1.82, 2.24) is 4.98 Å². The Morgan fingerprint density at radius 3 is 2.86 bits per heavy atom.